The van der Waals surface area contributed by atoms with Crippen LogP contribution in [-0.4, -0.2) is 53.6 Å². The second kappa shape index (κ2) is 7.17. The number of aliphatic hydroxyl groups is 1. The molecule has 4 N–H and O–H groups in total. The van der Waals surface area contributed by atoms with E-state index in [0.29, 0.717) is 13.0 Å². The molecule has 0 saturated carbocycles. The molecule has 1 rings (SSSR count). The summed E-state index contributed by atoms with van der Waals surface area (Å²) in [6.07, 6.45) is 1.52. The maximum absolute atomic E-state index is 11.6. The molecule has 1 saturated heterocycles. The van der Waals surface area contributed by atoms with Gasteiger partial charge >= 0.3 is 12.0 Å². The van der Waals surface area contributed by atoms with E-state index in [0.717, 1.165) is 6.42 Å². The number of aliphatic carboxylic acids is 1. The molecule has 1 heterocycles. The van der Waals surface area contributed by atoms with Gasteiger partial charge in [-0.25, -0.2) is 9.59 Å². The summed E-state index contributed by atoms with van der Waals surface area (Å²) in [5.74, 6) is -1.15. The molecule has 0 bridgehead atoms. The molecule has 0 aromatic rings. The topological polar surface area (TPSA) is 108 Å². The van der Waals surface area contributed by atoms with E-state index in [-0.39, 0.29) is 25.2 Å². The number of carbonyl (C=O) groups excluding carboxylic acids is 1. The summed E-state index contributed by atoms with van der Waals surface area (Å²) in [5, 5.41) is 22.6. The van der Waals surface area contributed by atoms with Crippen LogP contribution in [0.3, 0.4) is 0 Å². The summed E-state index contributed by atoms with van der Waals surface area (Å²) in [4.78, 5) is 22.4. The van der Waals surface area contributed by atoms with E-state index in [1.165, 1.54) is 0 Å². The molecule has 7 heteroatoms. The number of rotatable bonds is 5. The second-order valence-corrected chi connectivity index (χ2v) is 4.42. The van der Waals surface area contributed by atoms with Gasteiger partial charge in [-0.2, -0.15) is 0 Å². The first-order valence-corrected chi connectivity index (χ1v) is 6.05. The molecule has 3 atom stereocenters. The van der Waals surface area contributed by atoms with Crippen LogP contribution < -0.4 is 10.6 Å². The Morgan fingerprint density at radius 2 is 2.22 bits per heavy atom. The highest BCUT2D eigenvalue weighted by Crippen LogP contribution is 2.12. The highest BCUT2D eigenvalue weighted by atomic mass is 16.5. The lowest BCUT2D eigenvalue weighted by molar-refractivity contribution is -0.139. The molecule has 7 nitrogen and oxygen atoms in total. The van der Waals surface area contributed by atoms with Crippen LogP contribution in [0, 0.1) is 0 Å². The number of amides is 2. The minimum absolute atomic E-state index is 0.00248. The zero-order valence-electron chi connectivity index (χ0n) is 10.4. The number of aliphatic hydroxyl groups excluding tert-OH is 1. The van der Waals surface area contributed by atoms with Crippen molar-refractivity contribution >= 4 is 12.0 Å². The standard InChI is InChI=1S/C11H20N2O5/c1-7-6-8(3-5-18-7)12-11(17)13-9(2-4-14)10(15)16/h7-9,14H,2-6H2,1H3,(H,15,16)(H2,12,13,17)/t7?,8?,9-/m1/s1. The minimum Gasteiger partial charge on any atom is -0.480 e. The summed E-state index contributed by atoms with van der Waals surface area (Å²) in [6.45, 7) is 2.23. The first-order valence-electron chi connectivity index (χ1n) is 6.05. The Labute approximate surface area is 106 Å². The number of carboxylic acids is 1. The number of hydrogen-bond acceptors (Lipinski definition) is 4. The van der Waals surface area contributed by atoms with Gasteiger partial charge in [-0.05, 0) is 19.8 Å². The summed E-state index contributed by atoms with van der Waals surface area (Å²) in [7, 11) is 0. The average molecular weight is 260 g/mol. The molecule has 0 radical (unpaired) electrons. The molecule has 0 spiro atoms. The van der Waals surface area contributed by atoms with Crippen molar-refractivity contribution in [3.05, 3.63) is 0 Å². The predicted molar refractivity (Wildman–Crippen MR) is 63.2 cm³/mol. The third-order valence-corrected chi connectivity index (χ3v) is 2.84. The largest absolute Gasteiger partial charge is 0.480 e. The molecular weight excluding hydrogens is 240 g/mol. The van der Waals surface area contributed by atoms with Crippen molar-refractivity contribution in [3.8, 4) is 0 Å². The van der Waals surface area contributed by atoms with Crippen LogP contribution in [0.5, 0.6) is 0 Å². The molecule has 2 amide bonds. The molecule has 0 aromatic carbocycles. The molecular formula is C11H20N2O5. The van der Waals surface area contributed by atoms with Gasteiger partial charge in [0.15, 0.2) is 0 Å². The fraction of sp³-hybridized carbons (Fsp3) is 0.818. The van der Waals surface area contributed by atoms with E-state index in [1.54, 1.807) is 0 Å². The highest BCUT2D eigenvalue weighted by molar-refractivity contribution is 5.82. The number of ether oxygens (including phenoxy) is 1. The summed E-state index contributed by atoms with van der Waals surface area (Å²) in [6, 6.07) is -1.58. The van der Waals surface area contributed by atoms with E-state index >= 15 is 0 Å². The fourth-order valence-electron chi connectivity index (χ4n) is 1.90. The smallest absolute Gasteiger partial charge is 0.326 e. The van der Waals surface area contributed by atoms with Gasteiger partial charge in [-0.1, -0.05) is 0 Å². The molecule has 2 unspecified atom stereocenters. The Balaban J connectivity index is 2.37. The number of carbonyl (C=O) groups is 2. The van der Waals surface area contributed by atoms with Gasteiger partial charge in [0.1, 0.15) is 6.04 Å². The zero-order valence-corrected chi connectivity index (χ0v) is 10.4. The Hall–Kier alpha value is -1.34. The number of urea groups is 1. The van der Waals surface area contributed by atoms with Crippen molar-refractivity contribution < 1.29 is 24.5 Å². The van der Waals surface area contributed by atoms with Crippen molar-refractivity contribution in [2.45, 2.75) is 44.4 Å². The van der Waals surface area contributed by atoms with Gasteiger partial charge in [0, 0.05) is 25.7 Å². The molecule has 104 valence electrons. The quantitative estimate of drug-likeness (QED) is 0.542. The van der Waals surface area contributed by atoms with Gasteiger partial charge in [0.25, 0.3) is 0 Å². The molecule has 1 aliphatic rings. The fourth-order valence-corrected chi connectivity index (χ4v) is 1.90. The van der Waals surface area contributed by atoms with Crippen molar-refractivity contribution in [1.82, 2.24) is 10.6 Å². The van der Waals surface area contributed by atoms with Crippen LogP contribution in [0.4, 0.5) is 4.79 Å². The van der Waals surface area contributed by atoms with Gasteiger partial charge in [0.05, 0.1) is 6.10 Å². The lowest BCUT2D eigenvalue weighted by Gasteiger charge is -2.28. The van der Waals surface area contributed by atoms with E-state index in [1.807, 2.05) is 6.92 Å². The van der Waals surface area contributed by atoms with Gasteiger partial charge in [0.2, 0.25) is 0 Å². The van der Waals surface area contributed by atoms with Gasteiger partial charge in [-0.3, -0.25) is 0 Å². The summed E-state index contributed by atoms with van der Waals surface area (Å²) in [5.41, 5.74) is 0. The number of hydrogen-bond donors (Lipinski definition) is 4. The van der Waals surface area contributed by atoms with Crippen LogP contribution >= 0.6 is 0 Å². The maximum Gasteiger partial charge on any atom is 0.326 e. The first kappa shape index (κ1) is 14.7. The van der Waals surface area contributed by atoms with Crippen molar-refractivity contribution in [2.24, 2.45) is 0 Å². The lowest BCUT2D eigenvalue weighted by atomic mass is 10.0. The van der Waals surface area contributed by atoms with E-state index in [9.17, 15) is 9.59 Å². The normalized spacial score (nSPS) is 25.2. The number of carboxylic acid groups (broad SMARTS) is 1. The predicted octanol–water partition coefficient (Wildman–Crippen LogP) is -0.311. The Morgan fingerprint density at radius 3 is 2.78 bits per heavy atom. The Bertz CT molecular complexity index is 297. The van der Waals surface area contributed by atoms with Gasteiger partial charge < -0.3 is 25.6 Å². The van der Waals surface area contributed by atoms with E-state index in [4.69, 9.17) is 14.9 Å². The molecule has 1 aliphatic heterocycles. The van der Waals surface area contributed by atoms with Crippen LogP contribution in [0.1, 0.15) is 26.2 Å². The third-order valence-electron chi connectivity index (χ3n) is 2.84. The lowest BCUT2D eigenvalue weighted by Crippen LogP contribution is -2.51. The Morgan fingerprint density at radius 1 is 1.50 bits per heavy atom. The van der Waals surface area contributed by atoms with E-state index < -0.39 is 18.0 Å². The second-order valence-electron chi connectivity index (χ2n) is 4.42. The van der Waals surface area contributed by atoms with Crippen LogP contribution in [0.2, 0.25) is 0 Å². The monoisotopic (exact) mass is 260 g/mol. The first-order chi connectivity index (χ1) is 8.52. The molecule has 18 heavy (non-hydrogen) atoms. The maximum atomic E-state index is 11.6. The van der Waals surface area contributed by atoms with Crippen molar-refractivity contribution in [1.29, 1.82) is 0 Å². The minimum atomic E-state index is -1.15. The highest BCUT2D eigenvalue weighted by Gasteiger charge is 2.23. The van der Waals surface area contributed by atoms with Crippen molar-refractivity contribution in [2.75, 3.05) is 13.2 Å². The molecule has 0 aliphatic carbocycles. The van der Waals surface area contributed by atoms with Crippen LogP contribution in [0.15, 0.2) is 0 Å². The molecule has 1 fully saturated rings. The molecule has 0 aromatic heterocycles. The zero-order chi connectivity index (χ0) is 13.5. The van der Waals surface area contributed by atoms with E-state index in [2.05, 4.69) is 10.6 Å². The van der Waals surface area contributed by atoms with Gasteiger partial charge in [-0.15, -0.1) is 0 Å². The van der Waals surface area contributed by atoms with Crippen LogP contribution in [0.25, 0.3) is 0 Å². The Kier molecular flexibility index (Phi) is 5.87. The number of nitrogens with one attached hydrogen (secondary N) is 2. The third kappa shape index (κ3) is 4.89. The summed E-state index contributed by atoms with van der Waals surface area (Å²) < 4.78 is 5.35. The van der Waals surface area contributed by atoms with Crippen molar-refractivity contribution in [3.63, 3.8) is 0 Å². The average Bonchev–Trinajstić information content (AvgIpc) is 2.28. The SMILES string of the molecule is CC1CC(NC(=O)N[C@H](CCO)C(=O)O)CCO1. The van der Waals surface area contributed by atoms with Crippen LogP contribution in [-0.2, 0) is 9.53 Å². The summed E-state index contributed by atoms with van der Waals surface area (Å²) >= 11 is 0.